The minimum Gasteiger partial charge on any atom is -0.387 e. The number of hydrogen-bond acceptors (Lipinski definition) is 4. The highest BCUT2D eigenvalue weighted by Gasteiger charge is 2.26. The lowest BCUT2D eigenvalue weighted by Crippen LogP contribution is -2.41. The molecule has 0 aliphatic carbocycles. The fourth-order valence-corrected chi connectivity index (χ4v) is 2.72. The molecule has 2 rings (SSSR count). The Kier molecular flexibility index (Phi) is 4.09. The maximum Gasteiger partial charge on any atom is 0.254 e. The fourth-order valence-electron chi connectivity index (χ4n) is 2.00. The highest BCUT2D eigenvalue weighted by Crippen LogP contribution is 2.24. The Morgan fingerprint density at radius 1 is 1.35 bits per heavy atom. The van der Waals surface area contributed by atoms with Crippen LogP contribution in [0.5, 0.6) is 0 Å². The number of hydrogen-bond donors (Lipinski definition) is 2. The molecule has 4 nitrogen and oxygen atoms in total. The van der Waals surface area contributed by atoms with E-state index in [0.717, 1.165) is 16.3 Å². The molecule has 1 aromatic heterocycles. The number of nitrogens with zero attached hydrogens (tertiary/aromatic N) is 1. The lowest BCUT2D eigenvalue weighted by molar-refractivity contribution is 0.0913. The first-order valence-corrected chi connectivity index (χ1v) is 7.33. The van der Waals surface area contributed by atoms with Crippen molar-refractivity contribution >= 4 is 22.9 Å². The summed E-state index contributed by atoms with van der Waals surface area (Å²) < 4.78 is 0. The van der Waals surface area contributed by atoms with Crippen molar-refractivity contribution in [3.05, 3.63) is 45.9 Å². The molecule has 0 radical (unpaired) electrons. The third-order valence-corrected chi connectivity index (χ3v) is 4.18. The Labute approximate surface area is 123 Å². The zero-order chi connectivity index (χ0) is 14.8. The van der Waals surface area contributed by atoms with Crippen LogP contribution in [-0.2, 0) is 5.54 Å². The Bertz CT molecular complexity index is 606. The van der Waals surface area contributed by atoms with Gasteiger partial charge in [-0.1, -0.05) is 6.07 Å². The van der Waals surface area contributed by atoms with E-state index in [9.17, 15) is 4.79 Å². The van der Waals surface area contributed by atoms with Gasteiger partial charge >= 0.3 is 0 Å². The summed E-state index contributed by atoms with van der Waals surface area (Å²) in [4.78, 5) is 16.8. The minimum atomic E-state index is -0.485. The van der Waals surface area contributed by atoms with Gasteiger partial charge in [0.05, 0.1) is 11.1 Å². The van der Waals surface area contributed by atoms with Gasteiger partial charge in [0.15, 0.2) is 0 Å². The average Bonchev–Trinajstić information content (AvgIpc) is 2.92. The van der Waals surface area contributed by atoms with E-state index >= 15 is 0 Å². The average molecular weight is 289 g/mol. The molecule has 0 spiro atoms. The smallest absolute Gasteiger partial charge is 0.254 e. The second-order valence-corrected chi connectivity index (χ2v) is 6.11. The van der Waals surface area contributed by atoms with Crippen LogP contribution in [0.3, 0.4) is 0 Å². The minimum absolute atomic E-state index is 0.102. The summed E-state index contributed by atoms with van der Waals surface area (Å²) in [6, 6.07) is 5.74. The van der Waals surface area contributed by atoms with Crippen molar-refractivity contribution in [1.82, 2.24) is 10.3 Å². The van der Waals surface area contributed by atoms with Gasteiger partial charge in [-0.15, -0.1) is 11.3 Å². The summed E-state index contributed by atoms with van der Waals surface area (Å²) in [6.07, 6.45) is 1.75. The maximum absolute atomic E-state index is 12.5. The molecule has 0 aliphatic rings. The van der Waals surface area contributed by atoms with Crippen LogP contribution >= 0.6 is 11.3 Å². The molecule has 2 aromatic rings. The molecule has 0 bridgehead atoms. The summed E-state index contributed by atoms with van der Waals surface area (Å²) >= 11 is 1.54. The summed E-state index contributed by atoms with van der Waals surface area (Å²) in [7, 11) is 1.82. The largest absolute Gasteiger partial charge is 0.387 e. The van der Waals surface area contributed by atoms with Crippen LogP contribution in [-0.4, -0.2) is 17.9 Å². The van der Waals surface area contributed by atoms with E-state index in [1.807, 2.05) is 51.4 Å². The number of aromatic nitrogens is 1. The summed E-state index contributed by atoms with van der Waals surface area (Å²) in [5.74, 6) is -0.102. The molecule has 0 atom stereocenters. The molecule has 0 saturated carbocycles. The Morgan fingerprint density at radius 2 is 2.10 bits per heavy atom. The van der Waals surface area contributed by atoms with Crippen LogP contribution in [0.2, 0.25) is 0 Å². The van der Waals surface area contributed by atoms with Crippen molar-refractivity contribution in [2.45, 2.75) is 26.3 Å². The predicted octanol–water partition coefficient (Wildman–Crippen LogP) is 3.16. The molecule has 0 saturated heterocycles. The van der Waals surface area contributed by atoms with Crippen molar-refractivity contribution in [2.24, 2.45) is 0 Å². The van der Waals surface area contributed by atoms with Gasteiger partial charge in [0.1, 0.15) is 5.01 Å². The van der Waals surface area contributed by atoms with Gasteiger partial charge in [-0.25, -0.2) is 4.98 Å². The van der Waals surface area contributed by atoms with E-state index in [1.54, 1.807) is 6.20 Å². The Hall–Kier alpha value is -1.88. The molecule has 5 heteroatoms. The van der Waals surface area contributed by atoms with Crippen LogP contribution < -0.4 is 10.6 Å². The zero-order valence-corrected chi connectivity index (χ0v) is 13.0. The van der Waals surface area contributed by atoms with Crippen LogP contribution in [0, 0.1) is 6.92 Å². The van der Waals surface area contributed by atoms with Gasteiger partial charge in [-0.3, -0.25) is 4.79 Å². The molecule has 20 heavy (non-hydrogen) atoms. The first-order valence-electron chi connectivity index (χ1n) is 6.45. The van der Waals surface area contributed by atoms with Crippen molar-refractivity contribution in [2.75, 3.05) is 12.4 Å². The normalized spacial score (nSPS) is 11.2. The van der Waals surface area contributed by atoms with Gasteiger partial charge in [-0.05, 0) is 38.5 Å². The molecule has 106 valence electrons. The van der Waals surface area contributed by atoms with E-state index < -0.39 is 5.54 Å². The zero-order valence-electron chi connectivity index (χ0n) is 12.2. The standard InChI is InChI=1S/C15H19N3OS/c1-10-5-6-11(12(9-10)16-4)13(19)18-15(2,3)14-17-7-8-20-14/h5-9,16H,1-4H3,(H,18,19). The van der Waals surface area contributed by atoms with Crippen LogP contribution in [0.4, 0.5) is 5.69 Å². The second kappa shape index (κ2) is 5.63. The Morgan fingerprint density at radius 3 is 2.70 bits per heavy atom. The molecule has 2 N–H and O–H groups in total. The molecular formula is C15H19N3OS. The number of benzene rings is 1. The van der Waals surface area contributed by atoms with Gasteiger partial charge in [0.25, 0.3) is 5.91 Å². The van der Waals surface area contributed by atoms with Crippen molar-refractivity contribution in [1.29, 1.82) is 0 Å². The highest BCUT2D eigenvalue weighted by molar-refractivity contribution is 7.09. The lowest BCUT2D eigenvalue weighted by atomic mass is 10.0. The van der Waals surface area contributed by atoms with Crippen LogP contribution in [0.1, 0.15) is 34.8 Å². The fraction of sp³-hybridized carbons (Fsp3) is 0.333. The van der Waals surface area contributed by atoms with Gasteiger partial charge < -0.3 is 10.6 Å². The number of aryl methyl sites for hydroxylation is 1. The molecule has 0 aliphatic heterocycles. The number of thiazole rings is 1. The summed E-state index contributed by atoms with van der Waals surface area (Å²) in [6.45, 7) is 5.91. The first-order chi connectivity index (χ1) is 9.44. The molecule has 0 fully saturated rings. The third kappa shape index (κ3) is 2.99. The van der Waals surface area contributed by atoms with Gasteiger partial charge in [-0.2, -0.15) is 0 Å². The van der Waals surface area contributed by atoms with E-state index in [0.29, 0.717) is 5.56 Å². The third-order valence-electron chi connectivity index (χ3n) is 3.08. The molecule has 1 heterocycles. The number of anilines is 1. The molecule has 1 amide bonds. The monoisotopic (exact) mass is 289 g/mol. The van der Waals surface area contributed by atoms with Crippen LogP contribution in [0.15, 0.2) is 29.8 Å². The van der Waals surface area contributed by atoms with E-state index in [4.69, 9.17) is 0 Å². The van der Waals surface area contributed by atoms with Crippen LogP contribution in [0.25, 0.3) is 0 Å². The van der Waals surface area contributed by atoms with E-state index in [-0.39, 0.29) is 5.91 Å². The topological polar surface area (TPSA) is 54.0 Å². The number of carbonyl (C=O) groups is 1. The predicted molar refractivity (Wildman–Crippen MR) is 83.3 cm³/mol. The number of amides is 1. The quantitative estimate of drug-likeness (QED) is 0.909. The summed E-state index contributed by atoms with van der Waals surface area (Å²) in [5, 5.41) is 8.91. The second-order valence-electron chi connectivity index (χ2n) is 5.22. The highest BCUT2D eigenvalue weighted by atomic mass is 32.1. The molecular weight excluding hydrogens is 270 g/mol. The number of carbonyl (C=O) groups excluding carboxylic acids is 1. The van der Waals surface area contributed by atoms with E-state index in [1.165, 1.54) is 11.3 Å². The Balaban J connectivity index is 2.25. The summed E-state index contributed by atoms with van der Waals surface area (Å²) in [5.41, 5.74) is 2.10. The van der Waals surface area contributed by atoms with Gasteiger partial charge in [0, 0.05) is 24.3 Å². The number of nitrogens with one attached hydrogen (secondary N) is 2. The number of rotatable bonds is 4. The van der Waals surface area contributed by atoms with Crippen molar-refractivity contribution in [3.8, 4) is 0 Å². The molecule has 0 unspecified atom stereocenters. The maximum atomic E-state index is 12.5. The van der Waals surface area contributed by atoms with Crippen molar-refractivity contribution in [3.63, 3.8) is 0 Å². The molecule has 1 aromatic carbocycles. The first kappa shape index (κ1) is 14.5. The van der Waals surface area contributed by atoms with E-state index in [2.05, 4.69) is 15.6 Å². The van der Waals surface area contributed by atoms with Gasteiger partial charge in [0.2, 0.25) is 0 Å². The van der Waals surface area contributed by atoms with Crippen molar-refractivity contribution < 1.29 is 4.79 Å². The lowest BCUT2D eigenvalue weighted by Gasteiger charge is -2.24. The SMILES string of the molecule is CNc1cc(C)ccc1C(=O)NC(C)(C)c1nccs1.